The Hall–Kier alpha value is -1.56. The lowest BCUT2D eigenvalue weighted by atomic mass is 10.1. The van der Waals surface area contributed by atoms with E-state index in [0.29, 0.717) is 6.54 Å². The fourth-order valence-corrected chi connectivity index (χ4v) is 3.28. The van der Waals surface area contributed by atoms with Gasteiger partial charge in [-0.25, -0.2) is 4.98 Å². The molecule has 0 saturated carbocycles. The average Bonchev–Trinajstić information content (AvgIpc) is 2.97. The minimum atomic E-state index is 0.559. The van der Waals surface area contributed by atoms with Crippen LogP contribution in [0.1, 0.15) is 5.56 Å². The van der Waals surface area contributed by atoms with E-state index in [0.717, 1.165) is 32.0 Å². The molecule has 0 bridgehead atoms. The maximum absolute atomic E-state index is 5.61. The second-order valence-electron chi connectivity index (χ2n) is 4.27. The second-order valence-corrected chi connectivity index (χ2v) is 5.99. The summed E-state index contributed by atoms with van der Waals surface area (Å²) in [4.78, 5) is 9.03. The number of rotatable bonds is 3. The van der Waals surface area contributed by atoms with E-state index in [2.05, 4.69) is 38.0 Å². The van der Waals surface area contributed by atoms with E-state index < -0.39 is 0 Å². The Balaban J connectivity index is 1.95. The van der Waals surface area contributed by atoms with Crippen molar-refractivity contribution in [2.75, 3.05) is 0 Å². The monoisotopic (exact) mass is 345 g/mol. The third-order valence-electron chi connectivity index (χ3n) is 2.95. The van der Waals surface area contributed by atoms with E-state index in [9.17, 15) is 0 Å². The summed E-state index contributed by atoms with van der Waals surface area (Å²) in [5, 5.41) is 2.96. The molecule has 2 aromatic heterocycles. The third-order valence-corrected chi connectivity index (χ3v) is 4.44. The van der Waals surface area contributed by atoms with Gasteiger partial charge in [0.05, 0.1) is 5.69 Å². The molecule has 0 amide bonds. The Morgan fingerprint density at radius 3 is 2.65 bits per heavy atom. The van der Waals surface area contributed by atoms with E-state index in [-0.39, 0.29) is 0 Å². The van der Waals surface area contributed by atoms with Crippen molar-refractivity contribution >= 4 is 27.3 Å². The first-order chi connectivity index (χ1) is 9.78. The minimum Gasteiger partial charge on any atom is -0.326 e. The van der Waals surface area contributed by atoms with Crippen LogP contribution in [-0.4, -0.2) is 9.97 Å². The number of hydrogen-bond donors (Lipinski definition) is 1. The summed E-state index contributed by atoms with van der Waals surface area (Å²) in [6.45, 7) is 0.559. The Kier molecular flexibility index (Phi) is 3.91. The van der Waals surface area contributed by atoms with E-state index in [1.54, 1.807) is 17.5 Å². The zero-order valence-corrected chi connectivity index (χ0v) is 13.0. The van der Waals surface area contributed by atoms with Crippen molar-refractivity contribution in [2.24, 2.45) is 5.73 Å². The summed E-state index contributed by atoms with van der Waals surface area (Å²) in [6, 6.07) is 12.0. The molecule has 0 aliphatic rings. The van der Waals surface area contributed by atoms with Gasteiger partial charge in [0.25, 0.3) is 0 Å². The van der Waals surface area contributed by atoms with Gasteiger partial charge in [-0.05, 0) is 33.6 Å². The Labute approximate surface area is 129 Å². The largest absolute Gasteiger partial charge is 0.326 e. The molecule has 0 saturated heterocycles. The summed E-state index contributed by atoms with van der Waals surface area (Å²) in [6.07, 6.45) is 1.78. The van der Waals surface area contributed by atoms with E-state index >= 15 is 0 Å². The number of pyridine rings is 1. The SMILES string of the molecule is NCc1ccc(-c2csc(-c3ncccc3Br)n2)cc1. The van der Waals surface area contributed by atoms with Crippen LogP contribution in [0.3, 0.4) is 0 Å². The number of halogens is 1. The molecular weight excluding hydrogens is 334 g/mol. The first kappa shape index (κ1) is 13.4. The van der Waals surface area contributed by atoms with E-state index in [1.807, 2.05) is 29.6 Å². The molecule has 0 atom stereocenters. The zero-order valence-electron chi connectivity index (χ0n) is 10.6. The smallest absolute Gasteiger partial charge is 0.143 e. The lowest BCUT2D eigenvalue weighted by molar-refractivity contribution is 1.07. The molecule has 5 heteroatoms. The molecule has 2 N–H and O–H groups in total. The van der Waals surface area contributed by atoms with Gasteiger partial charge in [-0.1, -0.05) is 24.3 Å². The quantitative estimate of drug-likeness (QED) is 0.777. The number of benzene rings is 1. The van der Waals surface area contributed by atoms with Gasteiger partial charge in [0.2, 0.25) is 0 Å². The molecule has 0 fully saturated rings. The summed E-state index contributed by atoms with van der Waals surface area (Å²) in [5.41, 5.74) is 9.67. The van der Waals surface area contributed by atoms with Crippen LogP contribution in [0, 0.1) is 0 Å². The molecule has 3 nitrogen and oxygen atoms in total. The summed E-state index contributed by atoms with van der Waals surface area (Å²) in [5.74, 6) is 0. The number of thiazole rings is 1. The molecule has 0 spiro atoms. The average molecular weight is 346 g/mol. The first-order valence-corrected chi connectivity index (χ1v) is 7.81. The van der Waals surface area contributed by atoms with Crippen molar-refractivity contribution in [1.29, 1.82) is 0 Å². The number of nitrogens with two attached hydrogens (primary N) is 1. The molecule has 0 aliphatic carbocycles. The highest BCUT2D eigenvalue weighted by molar-refractivity contribution is 9.10. The predicted molar refractivity (Wildman–Crippen MR) is 86.4 cm³/mol. The standard InChI is InChI=1S/C15H12BrN3S/c16-12-2-1-7-18-14(12)15-19-13(9-20-15)11-5-3-10(8-17)4-6-11/h1-7,9H,8,17H2. The van der Waals surface area contributed by atoms with Crippen molar-refractivity contribution in [1.82, 2.24) is 9.97 Å². The Morgan fingerprint density at radius 1 is 1.15 bits per heavy atom. The first-order valence-electron chi connectivity index (χ1n) is 6.14. The van der Waals surface area contributed by atoms with Gasteiger partial charge in [-0.15, -0.1) is 11.3 Å². The molecule has 0 radical (unpaired) electrons. The highest BCUT2D eigenvalue weighted by Gasteiger charge is 2.10. The van der Waals surface area contributed by atoms with Crippen molar-refractivity contribution in [3.8, 4) is 22.0 Å². The van der Waals surface area contributed by atoms with Crippen LogP contribution in [-0.2, 0) is 6.54 Å². The molecule has 100 valence electrons. The second kappa shape index (κ2) is 5.83. The number of aromatic nitrogens is 2. The molecular formula is C15H12BrN3S. The van der Waals surface area contributed by atoms with E-state index in [4.69, 9.17) is 5.73 Å². The maximum atomic E-state index is 5.61. The fourth-order valence-electron chi connectivity index (χ4n) is 1.87. The predicted octanol–water partition coefficient (Wildman–Crippen LogP) is 4.09. The number of nitrogens with zero attached hydrogens (tertiary/aromatic N) is 2. The minimum absolute atomic E-state index is 0.559. The van der Waals surface area contributed by atoms with Gasteiger partial charge in [0, 0.05) is 28.2 Å². The zero-order chi connectivity index (χ0) is 13.9. The Morgan fingerprint density at radius 2 is 1.95 bits per heavy atom. The number of hydrogen-bond acceptors (Lipinski definition) is 4. The van der Waals surface area contributed by atoms with Crippen LogP contribution in [0.4, 0.5) is 0 Å². The summed E-state index contributed by atoms with van der Waals surface area (Å²) >= 11 is 5.10. The maximum Gasteiger partial charge on any atom is 0.143 e. The highest BCUT2D eigenvalue weighted by atomic mass is 79.9. The van der Waals surface area contributed by atoms with Crippen molar-refractivity contribution in [3.05, 3.63) is 58.0 Å². The van der Waals surface area contributed by atoms with Crippen LogP contribution in [0.5, 0.6) is 0 Å². The molecule has 0 aliphatic heterocycles. The van der Waals surface area contributed by atoms with E-state index in [1.165, 1.54) is 0 Å². The van der Waals surface area contributed by atoms with Gasteiger partial charge in [-0.3, -0.25) is 4.98 Å². The molecule has 2 heterocycles. The normalized spacial score (nSPS) is 10.7. The van der Waals surface area contributed by atoms with Gasteiger partial charge in [0.1, 0.15) is 10.7 Å². The Bertz CT molecular complexity index is 722. The van der Waals surface area contributed by atoms with Gasteiger partial charge >= 0.3 is 0 Å². The summed E-state index contributed by atoms with van der Waals surface area (Å²) in [7, 11) is 0. The van der Waals surface area contributed by atoms with Crippen LogP contribution in [0.2, 0.25) is 0 Å². The third kappa shape index (κ3) is 2.65. The lowest BCUT2D eigenvalue weighted by Gasteiger charge is -2.00. The molecule has 20 heavy (non-hydrogen) atoms. The van der Waals surface area contributed by atoms with Gasteiger partial charge in [-0.2, -0.15) is 0 Å². The van der Waals surface area contributed by atoms with Crippen molar-refractivity contribution in [2.45, 2.75) is 6.54 Å². The molecule has 3 rings (SSSR count). The van der Waals surface area contributed by atoms with Crippen LogP contribution in [0.25, 0.3) is 22.0 Å². The topological polar surface area (TPSA) is 51.8 Å². The fraction of sp³-hybridized carbons (Fsp3) is 0.0667. The molecule has 1 aromatic carbocycles. The molecule has 0 unspecified atom stereocenters. The highest BCUT2D eigenvalue weighted by Crippen LogP contribution is 2.31. The van der Waals surface area contributed by atoms with Crippen molar-refractivity contribution < 1.29 is 0 Å². The van der Waals surface area contributed by atoms with Gasteiger partial charge in [0.15, 0.2) is 0 Å². The summed E-state index contributed by atoms with van der Waals surface area (Å²) < 4.78 is 0.958. The van der Waals surface area contributed by atoms with Crippen LogP contribution in [0.15, 0.2) is 52.4 Å². The van der Waals surface area contributed by atoms with Crippen LogP contribution >= 0.6 is 27.3 Å². The van der Waals surface area contributed by atoms with Crippen molar-refractivity contribution in [3.63, 3.8) is 0 Å². The van der Waals surface area contributed by atoms with Crippen LogP contribution < -0.4 is 5.73 Å². The lowest BCUT2D eigenvalue weighted by Crippen LogP contribution is -1.95. The van der Waals surface area contributed by atoms with Gasteiger partial charge < -0.3 is 5.73 Å². The molecule has 3 aromatic rings.